The van der Waals surface area contributed by atoms with Crippen molar-refractivity contribution in [1.82, 2.24) is 0 Å². The summed E-state index contributed by atoms with van der Waals surface area (Å²) in [6, 6.07) is 19.3. The summed E-state index contributed by atoms with van der Waals surface area (Å²) in [5.41, 5.74) is -1.38. The number of ether oxygens (including phenoxy) is 4. The zero-order valence-electron chi connectivity index (χ0n) is 20.0. The lowest BCUT2D eigenvalue weighted by molar-refractivity contribution is -0.216. The minimum atomic E-state index is -5.34. The Bertz CT molecular complexity index is 1180. The highest BCUT2D eigenvalue weighted by molar-refractivity contribution is 5.82. The molecule has 2 unspecified atom stereocenters. The summed E-state index contributed by atoms with van der Waals surface area (Å²) >= 11 is 0. The minimum Gasteiger partial charge on any atom is -0.489 e. The van der Waals surface area contributed by atoms with Gasteiger partial charge in [0.05, 0.1) is 6.61 Å². The van der Waals surface area contributed by atoms with E-state index < -0.39 is 35.6 Å². The molecule has 0 fully saturated rings. The van der Waals surface area contributed by atoms with Gasteiger partial charge in [0.2, 0.25) is 5.60 Å². The number of carbonyl (C=O) groups excluding carboxylic acids is 2. The predicted molar refractivity (Wildman–Crippen MR) is 124 cm³/mol. The van der Waals surface area contributed by atoms with Crippen LogP contribution in [0.5, 0.6) is 11.5 Å². The molecule has 0 saturated carbocycles. The van der Waals surface area contributed by atoms with Crippen LogP contribution in [-0.2, 0) is 25.7 Å². The highest BCUT2D eigenvalue weighted by Gasteiger charge is 2.52. The molecular formula is C27H24F4O6. The molecule has 0 bridgehead atoms. The molecule has 3 aromatic carbocycles. The van der Waals surface area contributed by atoms with Gasteiger partial charge in [0.15, 0.2) is 6.10 Å². The van der Waals surface area contributed by atoms with Crippen LogP contribution < -0.4 is 9.47 Å². The van der Waals surface area contributed by atoms with Crippen molar-refractivity contribution >= 4 is 11.9 Å². The molecule has 3 rings (SSSR count). The van der Waals surface area contributed by atoms with E-state index in [-0.39, 0.29) is 24.5 Å². The van der Waals surface area contributed by atoms with Gasteiger partial charge in [-0.15, -0.1) is 0 Å². The van der Waals surface area contributed by atoms with Gasteiger partial charge in [0.1, 0.15) is 23.9 Å². The van der Waals surface area contributed by atoms with Gasteiger partial charge in [-0.05, 0) is 61.4 Å². The zero-order chi connectivity index (χ0) is 27.1. The molecule has 0 aromatic heterocycles. The van der Waals surface area contributed by atoms with E-state index in [0.717, 1.165) is 24.6 Å². The van der Waals surface area contributed by atoms with Gasteiger partial charge in [0, 0.05) is 0 Å². The Morgan fingerprint density at radius 1 is 0.838 bits per heavy atom. The van der Waals surface area contributed by atoms with Crippen molar-refractivity contribution in [2.75, 3.05) is 6.61 Å². The third kappa shape index (κ3) is 7.22. The van der Waals surface area contributed by atoms with Gasteiger partial charge in [-0.1, -0.05) is 42.5 Å². The number of halogens is 4. The first-order valence-corrected chi connectivity index (χ1v) is 11.2. The number of carbonyl (C=O) groups is 2. The van der Waals surface area contributed by atoms with Gasteiger partial charge >= 0.3 is 18.1 Å². The lowest BCUT2D eigenvalue weighted by Crippen LogP contribution is -2.50. The fourth-order valence-electron chi connectivity index (χ4n) is 3.38. The molecule has 196 valence electrons. The smallest absolute Gasteiger partial charge is 0.489 e. The summed E-state index contributed by atoms with van der Waals surface area (Å²) in [4.78, 5) is 24.9. The number of benzene rings is 3. The number of esters is 2. The van der Waals surface area contributed by atoms with E-state index in [4.69, 9.17) is 18.9 Å². The molecule has 6 nitrogen and oxygen atoms in total. The van der Waals surface area contributed by atoms with Gasteiger partial charge in [-0.25, -0.2) is 14.0 Å². The molecule has 0 spiro atoms. The quantitative estimate of drug-likeness (QED) is 0.243. The number of hydrogen-bond acceptors (Lipinski definition) is 6. The average Bonchev–Trinajstić information content (AvgIpc) is 2.87. The van der Waals surface area contributed by atoms with Gasteiger partial charge in [-0.2, -0.15) is 13.2 Å². The Hall–Kier alpha value is -4.08. The van der Waals surface area contributed by atoms with Crippen LogP contribution in [0.25, 0.3) is 0 Å². The SMILES string of the molecule is CCOC(=O)C(C)(Oc1ccc(F)cc1)C(OC(=O)C(F)(F)F)c1ccc(OCc2ccccc2)cc1. The summed E-state index contributed by atoms with van der Waals surface area (Å²) in [5.74, 6) is -3.90. The molecule has 0 aliphatic rings. The first-order chi connectivity index (χ1) is 17.5. The fraction of sp³-hybridized carbons (Fsp3) is 0.259. The van der Waals surface area contributed by atoms with Crippen LogP contribution in [0.4, 0.5) is 17.6 Å². The Balaban J connectivity index is 1.97. The van der Waals surface area contributed by atoms with Crippen molar-refractivity contribution in [3.05, 3.63) is 95.8 Å². The second kappa shape index (κ2) is 11.8. The van der Waals surface area contributed by atoms with Gasteiger partial charge in [0.25, 0.3) is 0 Å². The maximum Gasteiger partial charge on any atom is 0.490 e. The molecule has 3 aromatic rings. The van der Waals surface area contributed by atoms with E-state index in [1.807, 2.05) is 30.3 Å². The number of alkyl halides is 3. The van der Waals surface area contributed by atoms with Crippen LogP contribution in [-0.4, -0.2) is 30.3 Å². The molecule has 0 radical (unpaired) electrons. The van der Waals surface area contributed by atoms with Gasteiger partial charge < -0.3 is 18.9 Å². The third-order valence-corrected chi connectivity index (χ3v) is 5.21. The van der Waals surface area contributed by atoms with Crippen molar-refractivity contribution in [3.63, 3.8) is 0 Å². The largest absolute Gasteiger partial charge is 0.490 e. The normalized spacial score (nSPS) is 13.7. The number of rotatable bonds is 10. The molecule has 0 heterocycles. The topological polar surface area (TPSA) is 71.1 Å². The third-order valence-electron chi connectivity index (χ3n) is 5.21. The van der Waals surface area contributed by atoms with Crippen molar-refractivity contribution in [2.24, 2.45) is 0 Å². The van der Waals surface area contributed by atoms with Crippen LogP contribution in [0.3, 0.4) is 0 Å². The highest BCUT2D eigenvalue weighted by atomic mass is 19.4. The predicted octanol–water partition coefficient (Wildman–Crippen LogP) is 5.95. The standard InChI is InChI=1S/C27H24F4O6/c1-3-34-24(32)26(2,37-22-15-11-20(28)12-16-22)23(36-25(33)27(29,30)31)19-9-13-21(14-10-19)35-17-18-7-5-4-6-8-18/h4-16,23H,3,17H2,1-2H3. The second-order valence-corrected chi connectivity index (χ2v) is 8.01. The molecule has 10 heteroatoms. The van der Waals surface area contributed by atoms with Crippen molar-refractivity contribution in [1.29, 1.82) is 0 Å². The summed E-state index contributed by atoms with van der Waals surface area (Å²) in [5, 5.41) is 0. The zero-order valence-corrected chi connectivity index (χ0v) is 20.0. The van der Waals surface area contributed by atoms with E-state index in [0.29, 0.717) is 5.75 Å². The molecule has 0 aliphatic heterocycles. The Morgan fingerprint density at radius 2 is 1.43 bits per heavy atom. The van der Waals surface area contributed by atoms with Crippen LogP contribution in [0.1, 0.15) is 31.1 Å². The average molecular weight is 520 g/mol. The van der Waals surface area contributed by atoms with Crippen molar-refractivity contribution in [3.8, 4) is 11.5 Å². The van der Waals surface area contributed by atoms with E-state index in [1.54, 1.807) is 0 Å². The van der Waals surface area contributed by atoms with Crippen LogP contribution in [0.15, 0.2) is 78.9 Å². The lowest BCUT2D eigenvalue weighted by Gasteiger charge is -2.35. The summed E-state index contributed by atoms with van der Waals surface area (Å²) < 4.78 is 74.1. The van der Waals surface area contributed by atoms with Crippen molar-refractivity contribution < 1.29 is 46.1 Å². The van der Waals surface area contributed by atoms with Crippen LogP contribution in [0.2, 0.25) is 0 Å². The fourth-order valence-corrected chi connectivity index (χ4v) is 3.38. The molecule has 0 amide bonds. The van der Waals surface area contributed by atoms with Crippen LogP contribution in [0, 0.1) is 5.82 Å². The van der Waals surface area contributed by atoms with Crippen LogP contribution >= 0.6 is 0 Å². The summed E-state index contributed by atoms with van der Waals surface area (Å²) in [6.45, 7) is 2.72. The van der Waals surface area contributed by atoms with Gasteiger partial charge in [-0.3, -0.25) is 0 Å². The van der Waals surface area contributed by atoms with E-state index in [9.17, 15) is 27.2 Å². The first-order valence-electron chi connectivity index (χ1n) is 11.2. The molecule has 0 N–H and O–H groups in total. The Labute approximate surface area is 210 Å². The highest BCUT2D eigenvalue weighted by Crippen LogP contribution is 2.38. The van der Waals surface area contributed by atoms with E-state index >= 15 is 0 Å². The minimum absolute atomic E-state index is 0.00215. The first kappa shape index (κ1) is 27.5. The molecular weight excluding hydrogens is 496 g/mol. The van der Waals surface area contributed by atoms with Crippen molar-refractivity contribution in [2.45, 2.75) is 38.3 Å². The summed E-state index contributed by atoms with van der Waals surface area (Å²) in [7, 11) is 0. The van der Waals surface area contributed by atoms with E-state index in [2.05, 4.69) is 0 Å². The second-order valence-electron chi connectivity index (χ2n) is 8.01. The van der Waals surface area contributed by atoms with E-state index in [1.165, 1.54) is 43.3 Å². The Morgan fingerprint density at radius 3 is 2.00 bits per heavy atom. The maximum atomic E-state index is 13.4. The summed E-state index contributed by atoms with van der Waals surface area (Å²) in [6.07, 6.45) is -7.24. The number of hydrogen-bond donors (Lipinski definition) is 0. The molecule has 37 heavy (non-hydrogen) atoms. The lowest BCUT2D eigenvalue weighted by atomic mass is 9.91. The monoisotopic (exact) mass is 520 g/mol. The molecule has 2 atom stereocenters. The maximum absolute atomic E-state index is 13.4. The Kier molecular flexibility index (Phi) is 8.75. The molecule has 0 aliphatic carbocycles. The molecule has 0 saturated heterocycles.